The van der Waals surface area contributed by atoms with Gasteiger partial charge in [0, 0.05) is 18.7 Å². The molecule has 0 radical (unpaired) electrons. The van der Waals surface area contributed by atoms with Gasteiger partial charge in [0.15, 0.2) is 17.3 Å². The topological polar surface area (TPSA) is 137 Å². The summed E-state index contributed by atoms with van der Waals surface area (Å²) in [6.45, 7) is 6.75. The lowest BCUT2D eigenvalue weighted by atomic mass is 10.0. The summed E-state index contributed by atoms with van der Waals surface area (Å²) in [5.41, 5.74) is 7.87. The first-order valence-electron chi connectivity index (χ1n) is 12.0. The molecule has 4 heterocycles. The van der Waals surface area contributed by atoms with Crippen LogP contribution in [-0.2, 0) is 6.54 Å². The number of aromatic nitrogens is 5. The highest BCUT2D eigenvalue weighted by Crippen LogP contribution is 2.33. The molecule has 4 aromatic rings. The monoisotopic (exact) mass is 487 g/mol. The number of rotatable bonds is 6. The molecule has 0 bridgehead atoms. The molecule has 186 valence electrons. The molecule has 5 rings (SSSR count). The average Bonchev–Trinajstić information content (AvgIpc) is 3.61. The molecule has 10 nitrogen and oxygen atoms in total. The number of pyridine rings is 1. The highest BCUT2D eigenvalue weighted by Gasteiger charge is 2.29. The van der Waals surface area contributed by atoms with Gasteiger partial charge in [-0.2, -0.15) is 0 Å². The number of imidazole rings is 1. The largest absolute Gasteiger partial charge is 0.468 e. The summed E-state index contributed by atoms with van der Waals surface area (Å²) >= 11 is 0. The molecule has 0 amide bonds. The summed E-state index contributed by atoms with van der Waals surface area (Å²) in [6, 6.07) is 12.1. The van der Waals surface area contributed by atoms with E-state index in [1.54, 1.807) is 13.8 Å². The van der Waals surface area contributed by atoms with E-state index in [0.717, 1.165) is 30.5 Å². The molecule has 3 aromatic heterocycles. The molecule has 2 atom stereocenters. The Kier molecular flexibility index (Phi) is 6.35. The van der Waals surface area contributed by atoms with Crippen molar-refractivity contribution in [2.45, 2.75) is 57.9 Å². The Bertz CT molecular complexity index is 1420. The number of hydrogen-bond acceptors (Lipinski definition) is 9. The van der Waals surface area contributed by atoms with Gasteiger partial charge in [-0.05, 0) is 62.0 Å². The molecule has 0 spiro atoms. The van der Waals surface area contributed by atoms with Gasteiger partial charge in [-0.25, -0.2) is 14.6 Å². The van der Waals surface area contributed by atoms with Crippen LogP contribution in [0, 0.1) is 11.8 Å². The molecule has 1 aliphatic rings. The highest BCUT2D eigenvalue weighted by molar-refractivity contribution is 5.86. The van der Waals surface area contributed by atoms with Crippen LogP contribution in [-0.4, -0.2) is 48.1 Å². The van der Waals surface area contributed by atoms with Crippen LogP contribution in [0.2, 0.25) is 0 Å². The second-order valence-electron chi connectivity index (χ2n) is 9.32. The van der Waals surface area contributed by atoms with Crippen molar-refractivity contribution in [1.82, 2.24) is 30.2 Å². The first-order valence-corrected chi connectivity index (χ1v) is 12.0. The minimum absolute atomic E-state index is 0.144. The Morgan fingerprint density at radius 2 is 2.08 bits per heavy atom. The predicted molar refractivity (Wildman–Crippen MR) is 135 cm³/mol. The molecule has 4 N–H and O–H groups in total. The number of anilines is 1. The number of nitrogens with one attached hydrogen (secondary N) is 1. The molecular formula is C26H29N7O3. The summed E-state index contributed by atoms with van der Waals surface area (Å²) in [5, 5.41) is 21.4. The van der Waals surface area contributed by atoms with Gasteiger partial charge in [-0.15, -0.1) is 0 Å². The highest BCUT2D eigenvalue weighted by atomic mass is 16.6. The minimum Gasteiger partial charge on any atom is -0.468 e. The van der Waals surface area contributed by atoms with Gasteiger partial charge in [0.25, 0.3) is 0 Å². The van der Waals surface area contributed by atoms with Crippen LogP contribution in [0.5, 0.6) is 5.88 Å². The zero-order valence-corrected chi connectivity index (χ0v) is 20.5. The maximum atomic E-state index is 10.2. The maximum absolute atomic E-state index is 10.2. The lowest BCUT2D eigenvalue weighted by molar-refractivity contribution is 0.143. The van der Waals surface area contributed by atoms with Crippen molar-refractivity contribution in [3.8, 4) is 29.2 Å². The maximum Gasteiger partial charge on any atom is 0.217 e. The second-order valence-corrected chi connectivity index (χ2v) is 9.32. The van der Waals surface area contributed by atoms with Crippen molar-refractivity contribution in [3.63, 3.8) is 0 Å². The van der Waals surface area contributed by atoms with Gasteiger partial charge < -0.3 is 25.5 Å². The quantitative estimate of drug-likeness (QED) is 0.350. The summed E-state index contributed by atoms with van der Waals surface area (Å²) in [7, 11) is 0. The summed E-state index contributed by atoms with van der Waals surface area (Å²) in [6.07, 6.45) is 1.86. The van der Waals surface area contributed by atoms with E-state index in [4.69, 9.17) is 25.1 Å². The number of nitrogens with two attached hydrogens (primary N) is 1. The van der Waals surface area contributed by atoms with E-state index in [0.29, 0.717) is 35.2 Å². The zero-order valence-electron chi connectivity index (χ0n) is 20.5. The third-order valence-electron chi connectivity index (χ3n) is 6.08. The second kappa shape index (κ2) is 9.60. The fraction of sp³-hybridized carbons (Fsp3) is 0.385. The number of hydrogen-bond donors (Lipinski definition) is 3. The molecule has 0 saturated carbocycles. The van der Waals surface area contributed by atoms with Crippen molar-refractivity contribution in [3.05, 3.63) is 47.7 Å². The molecule has 1 aliphatic heterocycles. The van der Waals surface area contributed by atoms with Crippen molar-refractivity contribution in [2.24, 2.45) is 0 Å². The van der Waals surface area contributed by atoms with E-state index in [9.17, 15) is 5.11 Å². The van der Waals surface area contributed by atoms with E-state index < -0.39 is 5.60 Å². The summed E-state index contributed by atoms with van der Waals surface area (Å²) in [4.78, 5) is 9.48. The normalized spacial score (nSPS) is 16.6. The molecule has 10 heteroatoms. The first kappa shape index (κ1) is 23.8. The summed E-state index contributed by atoms with van der Waals surface area (Å²) in [5.74, 6) is 6.90. The Morgan fingerprint density at radius 3 is 2.72 bits per heavy atom. The van der Waals surface area contributed by atoms with E-state index in [2.05, 4.69) is 39.6 Å². The molecule has 1 unspecified atom stereocenters. The van der Waals surface area contributed by atoms with Crippen LogP contribution in [0.25, 0.3) is 22.6 Å². The Balaban J connectivity index is 1.66. The average molecular weight is 488 g/mol. The van der Waals surface area contributed by atoms with Gasteiger partial charge >= 0.3 is 0 Å². The van der Waals surface area contributed by atoms with Crippen molar-refractivity contribution < 1.29 is 14.5 Å². The standard InChI is InChI=1S/C26H29N7O3/c1-4-33-19-15-20(35-23(18-11-8-14-28-18)16-9-6-5-7-10-16)29-17(12-13-26(2,3)34)21(19)30-25(33)22-24(27)32-36-31-22/h5-7,9-10,15,18,23,28,34H,4,8,11,14H2,1-3H3,(H2,27,32)/t18-,23?/m1/s1. The Morgan fingerprint density at radius 1 is 1.28 bits per heavy atom. The molecule has 36 heavy (non-hydrogen) atoms. The third-order valence-corrected chi connectivity index (χ3v) is 6.08. The van der Waals surface area contributed by atoms with Gasteiger partial charge in [0.05, 0.1) is 5.52 Å². The van der Waals surface area contributed by atoms with Gasteiger partial charge in [-0.1, -0.05) is 36.3 Å². The van der Waals surface area contributed by atoms with Crippen LogP contribution in [0.1, 0.15) is 51.0 Å². The van der Waals surface area contributed by atoms with Crippen molar-refractivity contribution in [2.75, 3.05) is 12.3 Å². The number of benzene rings is 1. The number of nitrogen functional groups attached to an aromatic ring is 1. The van der Waals surface area contributed by atoms with Gasteiger partial charge in [-0.3, -0.25) is 0 Å². The predicted octanol–water partition coefficient (Wildman–Crippen LogP) is 3.08. The SMILES string of the molecule is CCn1c(-c2nonc2N)nc2c(C#CC(C)(C)O)nc(OC(c3ccccc3)[C@H]3CCCN3)cc21. The number of aryl methyl sites for hydroxylation is 1. The molecular weight excluding hydrogens is 458 g/mol. The molecule has 1 aromatic carbocycles. The van der Waals surface area contributed by atoms with E-state index in [1.165, 1.54) is 0 Å². The van der Waals surface area contributed by atoms with Gasteiger partial charge in [0.2, 0.25) is 5.88 Å². The smallest absolute Gasteiger partial charge is 0.217 e. The third kappa shape index (κ3) is 4.76. The number of ether oxygens (including phenoxy) is 1. The van der Waals surface area contributed by atoms with E-state index in [1.807, 2.05) is 35.8 Å². The summed E-state index contributed by atoms with van der Waals surface area (Å²) < 4.78 is 13.3. The number of fused-ring (bicyclic) bond motifs is 1. The number of nitrogens with zero attached hydrogens (tertiary/aromatic N) is 5. The van der Waals surface area contributed by atoms with E-state index in [-0.39, 0.29) is 18.0 Å². The minimum atomic E-state index is -1.21. The van der Waals surface area contributed by atoms with Crippen LogP contribution < -0.4 is 15.8 Å². The van der Waals surface area contributed by atoms with Crippen LogP contribution in [0.3, 0.4) is 0 Å². The van der Waals surface area contributed by atoms with Crippen LogP contribution in [0.15, 0.2) is 41.0 Å². The lowest BCUT2D eigenvalue weighted by Gasteiger charge is -2.25. The fourth-order valence-electron chi connectivity index (χ4n) is 4.43. The fourth-order valence-corrected chi connectivity index (χ4v) is 4.43. The van der Waals surface area contributed by atoms with Crippen LogP contribution >= 0.6 is 0 Å². The molecule has 1 saturated heterocycles. The zero-order chi connectivity index (χ0) is 25.3. The molecule has 1 fully saturated rings. The van der Waals surface area contributed by atoms with Crippen LogP contribution in [0.4, 0.5) is 5.82 Å². The number of aliphatic hydroxyl groups is 1. The lowest BCUT2D eigenvalue weighted by Crippen LogP contribution is -2.32. The molecule has 0 aliphatic carbocycles. The van der Waals surface area contributed by atoms with Gasteiger partial charge in [0.1, 0.15) is 22.9 Å². The Hall–Kier alpha value is -3.94. The van der Waals surface area contributed by atoms with Crippen molar-refractivity contribution in [1.29, 1.82) is 0 Å². The van der Waals surface area contributed by atoms with Crippen molar-refractivity contribution >= 4 is 16.9 Å². The Labute approximate surface area is 208 Å². The first-order chi connectivity index (χ1) is 17.3. The van der Waals surface area contributed by atoms with E-state index >= 15 is 0 Å².